The highest BCUT2D eigenvalue weighted by molar-refractivity contribution is 5.92. The molecule has 172 valence electrons. The minimum Gasteiger partial charge on any atom is -0.355 e. The molecule has 0 radical (unpaired) electrons. The zero-order chi connectivity index (χ0) is 22.6. The van der Waals surface area contributed by atoms with E-state index in [1.807, 2.05) is 12.1 Å². The Kier molecular flexibility index (Phi) is 6.83. The van der Waals surface area contributed by atoms with Gasteiger partial charge in [0.25, 0.3) is 0 Å². The van der Waals surface area contributed by atoms with Gasteiger partial charge in [0.1, 0.15) is 0 Å². The Hall–Kier alpha value is -2.81. The lowest BCUT2D eigenvalue weighted by molar-refractivity contribution is -0.137. The van der Waals surface area contributed by atoms with Crippen LogP contribution in [-0.4, -0.2) is 60.1 Å². The molecule has 4 rings (SSSR count). The summed E-state index contributed by atoms with van der Waals surface area (Å²) in [7, 11) is 0. The van der Waals surface area contributed by atoms with Crippen molar-refractivity contribution in [3.8, 4) is 0 Å². The lowest BCUT2D eigenvalue weighted by atomic mass is 10.1. The van der Waals surface area contributed by atoms with E-state index < -0.39 is 11.7 Å². The fourth-order valence-electron chi connectivity index (χ4n) is 4.26. The van der Waals surface area contributed by atoms with E-state index in [1.54, 1.807) is 11.1 Å². The van der Waals surface area contributed by atoms with Crippen molar-refractivity contribution >= 4 is 17.5 Å². The number of anilines is 2. The molecule has 9 heteroatoms. The molecule has 2 saturated heterocycles. The SMILES string of the molecule is O=C(Nc1cccnc1N1CCCC1)N1CCCN(Cc2ccc(C(F)(F)F)cc2)CC1. The van der Waals surface area contributed by atoms with Gasteiger partial charge in [-0.2, -0.15) is 13.2 Å². The summed E-state index contributed by atoms with van der Waals surface area (Å²) in [6.07, 6.45) is 0.488. The number of hydrogen-bond acceptors (Lipinski definition) is 4. The van der Waals surface area contributed by atoms with Crippen molar-refractivity contribution in [3.63, 3.8) is 0 Å². The standard InChI is InChI=1S/C23H28F3N5O/c24-23(25,26)19-8-6-18(7-9-19)17-29-11-4-14-31(16-15-29)22(32)28-20-5-3-10-27-21(20)30-12-1-2-13-30/h3,5-10H,1-2,4,11-17H2,(H,28,32). The summed E-state index contributed by atoms with van der Waals surface area (Å²) in [4.78, 5) is 23.6. The van der Waals surface area contributed by atoms with E-state index in [2.05, 4.69) is 20.1 Å². The summed E-state index contributed by atoms with van der Waals surface area (Å²) < 4.78 is 38.3. The zero-order valence-electron chi connectivity index (χ0n) is 17.9. The number of hydrogen-bond donors (Lipinski definition) is 1. The first kappa shape index (κ1) is 22.4. The van der Waals surface area contributed by atoms with Crippen LogP contribution in [0.15, 0.2) is 42.6 Å². The number of rotatable bonds is 4. The molecular weight excluding hydrogens is 419 g/mol. The smallest absolute Gasteiger partial charge is 0.355 e. The van der Waals surface area contributed by atoms with Gasteiger partial charge in [0, 0.05) is 52.0 Å². The van der Waals surface area contributed by atoms with E-state index in [0.717, 1.165) is 68.1 Å². The van der Waals surface area contributed by atoms with Crippen molar-refractivity contribution in [2.75, 3.05) is 49.5 Å². The quantitative estimate of drug-likeness (QED) is 0.753. The highest BCUT2D eigenvalue weighted by Crippen LogP contribution is 2.29. The van der Waals surface area contributed by atoms with Gasteiger partial charge in [0.05, 0.1) is 11.3 Å². The third kappa shape index (κ3) is 5.51. The van der Waals surface area contributed by atoms with Gasteiger partial charge in [-0.3, -0.25) is 4.90 Å². The topological polar surface area (TPSA) is 51.7 Å². The zero-order valence-corrected chi connectivity index (χ0v) is 17.9. The summed E-state index contributed by atoms with van der Waals surface area (Å²) in [6, 6.07) is 8.87. The van der Waals surface area contributed by atoms with Crippen molar-refractivity contribution < 1.29 is 18.0 Å². The Morgan fingerprint density at radius 3 is 2.41 bits per heavy atom. The van der Waals surface area contributed by atoms with Crippen molar-refractivity contribution in [1.82, 2.24) is 14.8 Å². The predicted octanol–water partition coefficient (Wildman–Crippen LogP) is 4.44. The molecule has 2 aliphatic heterocycles. The molecule has 0 bridgehead atoms. The van der Waals surface area contributed by atoms with E-state index >= 15 is 0 Å². The Labute approximate surface area is 186 Å². The molecule has 0 saturated carbocycles. The Morgan fingerprint density at radius 2 is 1.69 bits per heavy atom. The largest absolute Gasteiger partial charge is 0.416 e. The number of aromatic nitrogens is 1. The lowest BCUT2D eigenvalue weighted by Crippen LogP contribution is -2.38. The molecule has 2 amide bonds. The second kappa shape index (κ2) is 9.77. The summed E-state index contributed by atoms with van der Waals surface area (Å²) >= 11 is 0. The van der Waals surface area contributed by atoms with Crippen molar-refractivity contribution in [2.45, 2.75) is 32.0 Å². The minimum absolute atomic E-state index is 0.144. The first-order chi connectivity index (χ1) is 15.4. The number of alkyl halides is 3. The van der Waals surface area contributed by atoms with E-state index in [-0.39, 0.29) is 6.03 Å². The van der Waals surface area contributed by atoms with Crippen LogP contribution in [0.25, 0.3) is 0 Å². The van der Waals surface area contributed by atoms with Crippen molar-refractivity contribution in [1.29, 1.82) is 0 Å². The summed E-state index contributed by atoms with van der Waals surface area (Å²) in [6.45, 7) is 5.11. The summed E-state index contributed by atoms with van der Waals surface area (Å²) in [5, 5.41) is 3.03. The molecule has 2 fully saturated rings. The highest BCUT2D eigenvalue weighted by atomic mass is 19.4. The van der Waals surface area contributed by atoms with Gasteiger partial charge in [0.2, 0.25) is 0 Å². The van der Waals surface area contributed by atoms with Crippen molar-refractivity contribution in [2.24, 2.45) is 0 Å². The Bertz CT molecular complexity index is 913. The van der Waals surface area contributed by atoms with Crippen LogP contribution >= 0.6 is 0 Å². The molecule has 2 aromatic rings. The lowest BCUT2D eigenvalue weighted by Gasteiger charge is -2.24. The number of nitrogens with zero attached hydrogens (tertiary/aromatic N) is 4. The van der Waals surface area contributed by atoms with E-state index in [0.29, 0.717) is 26.2 Å². The van der Waals surface area contributed by atoms with Gasteiger partial charge in [0.15, 0.2) is 5.82 Å². The Balaban J connectivity index is 1.33. The molecule has 6 nitrogen and oxygen atoms in total. The van der Waals surface area contributed by atoms with E-state index in [9.17, 15) is 18.0 Å². The number of carbonyl (C=O) groups is 1. The van der Waals surface area contributed by atoms with Gasteiger partial charge in [-0.15, -0.1) is 0 Å². The number of nitrogens with one attached hydrogen (secondary N) is 1. The van der Waals surface area contributed by atoms with Gasteiger partial charge >= 0.3 is 12.2 Å². The molecule has 0 spiro atoms. The van der Waals surface area contributed by atoms with Gasteiger partial charge in [-0.25, -0.2) is 9.78 Å². The monoisotopic (exact) mass is 447 g/mol. The number of benzene rings is 1. The van der Waals surface area contributed by atoms with Crippen LogP contribution < -0.4 is 10.2 Å². The van der Waals surface area contributed by atoms with Gasteiger partial charge in [-0.1, -0.05) is 12.1 Å². The fourth-order valence-corrected chi connectivity index (χ4v) is 4.26. The average Bonchev–Trinajstić information content (AvgIpc) is 3.20. The van der Waals surface area contributed by atoms with Crippen LogP contribution in [0.5, 0.6) is 0 Å². The van der Waals surface area contributed by atoms with Crippen molar-refractivity contribution in [3.05, 3.63) is 53.7 Å². The van der Waals surface area contributed by atoms with Crippen LogP contribution in [0, 0.1) is 0 Å². The second-order valence-corrected chi connectivity index (χ2v) is 8.31. The fraction of sp³-hybridized carbons (Fsp3) is 0.478. The molecule has 1 aromatic carbocycles. The number of halogens is 3. The number of pyridine rings is 1. The van der Waals surface area contributed by atoms with Gasteiger partial charge in [-0.05, 0) is 49.1 Å². The number of urea groups is 1. The molecule has 1 aromatic heterocycles. The van der Waals surface area contributed by atoms with E-state index in [4.69, 9.17) is 0 Å². The Morgan fingerprint density at radius 1 is 0.938 bits per heavy atom. The molecule has 0 unspecified atom stereocenters. The maximum absolute atomic E-state index is 12.9. The van der Waals surface area contributed by atoms with Crippen LogP contribution in [-0.2, 0) is 12.7 Å². The maximum Gasteiger partial charge on any atom is 0.416 e. The third-order valence-electron chi connectivity index (χ3n) is 6.00. The third-order valence-corrected chi connectivity index (χ3v) is 6.00. The van der Waals surface area contributed by atoms with Crippen LogP contribution in [0.2, 0.25) is 0 Å². The molecule has 3 heterocycles. The van der Waals surface area contributed by atoms with Gasteiger partial charge < -0.3 is 15.1 Å². The maximum atomic E-state index is 12.9. The molecule has 32 heavy (non-hydrogen) atoms. The average molecular weight is 448 g/mol. The molecule has 0 aliphatic carbocycles. The molecule has 2 aliphatic rings. The first-order valence-corrected chi connectivity index (χ1v) is 11.0. The van der Waals surface area contributed by atoms with Crippen LogP contribution in [0.3, 0.4) is 0 Å². The van der Waals surface area contributed by atoms with Crippen LogP contribution in [0.4, 0.5) is 29.5 Å². The molecule has 0 atom stereocenters. The normalized spacial score (nSPS) is 18.0. The molecular formula is C23H28F3N5O. The number of carbonyl (C=O) groups excluding carboxylic acids is 1. The second-order valence-electron chi connectivity index (χ2n) is 8.31. The predicted molar refractivity (Wildman–Crippen MR) is 118 cm³/mol. The minimum atomic E-state index is -4.32. The van der Waals surface area contributed by atoms with Crippen LogP contribution in [0.1, 0.15) is 30.4 Å². The first-order valence-electron chi connectivity index (χ1n) is 11.0. The number of amides is 2. The summed E-state index contributed by atoms with van der Waals surface area (Å²) in [5.74, 6) is 0.817. The highest BCUT2D eigenvalue weighted by Gasteiger charge is 2.30. The molecule has 1 N–H and O–H groups in total. The van der Waals surface area contributed by atoms with E-state index in [1.165, 1.54) is 12.1 Å². The summed E-state index contributed by atoms with van der Waals surface area (Å²) in [5.41, 5.74) is 0.926.